The molecule has 0 rings (SSSR count). The molecule has 0 aromatic carbocycles. The Morgan fingerprint density at radius 1 is 0.818 bits per heavy atom. The highest BCUT2D eigenvalue weighted by atomic mass is 32.3. The molecule has 0 aliphatic heterocycles. The molecule has 0 aromatic rings. The van der Waals surface area contributed by atoms with E-state index in [1.54, 1.807) is 0 Å². The van der Waals surface area contributed by atoms with Crippen molar-refractivity contribution in [2.45, 2.75) is 84.0 Å². The van der Waals surface area contributed by atoms with Gasteiger partial charge in [-0.15, -0.1) is 0 Å². The van der Waals surface area contributed by atoms with Crippen LogP contribution in [0.4, 0.5) is 0 Å². The van der Waals surface area contributed by atoms with E-state index < -0.39 is 10.4 Å². The monoisotopic (exact) mass is 339 g/mol. The fourth-order valence-corrected chi connectivity index (χ4v) is 2.14. The Balaban J connectivity index is 0. The standard InChI is InChI=1S/C15H33N.CH4O4S/c1-3-4-5-6-7-8-9-10-11-12-13-14-15-16-2;1-5-6(2,3)4/h16H,3-15H2,1-2H3;1H3,(H,2,3,4). The van der Waals surface area contributed by atoms with E-state index in [4.69, 9.17) is 4.55 Å². The molecule has 0 saturated carbocycles. The zero-order chi connectivity index (χ0) is 17.1. The molecule has 0 radical (unpaired) electrons. The molecule has 6 heteroatoms. The highest BCUT2D eigenvalue weighted by molar-refractivity contribution is 7.80. The van der Waals surface area contributed by atoms with Crippen LogP contribution >= 0.6 is 0 Å². The van der Waals surface area contributed by atoms with E-state index in [1.165, 1.54) is 83.6 Å². The first-order valence-corrected chi connectivity index (χ1v) is 10.0. The first-order chi connectivity index (χ1) is 10.5. The summed E-state index contributed by atoms with van der Waals surface area (Å²) in [6, 6.07) is 0. The first-order valence-electron chi connectivity index (χ1n) is 8.65. The van der Waals surface area contributed by atoms with Crippen molar-refractivity contribution in [2.24, 2.45) is 0 Å². The van der Waals surface area contributed by atoms with E-state index in [-0.39, 0.29) is 0 Å². The molecule has 0 aliphatic rings. The molecule has 0 atom stereocenters. The fraction of sp³-hybridized carbons (Fsp3) is 1.00. The van der Waals surface area contributed by atoms with E-state index in [2.05, 4.69) is 16.4 Å². The van der Waals surface area contributed by atoms with Crippen molar-refractivity contribution >= 4 is 10.4 Å². The molecule has 0 unspecified atom stereocenters. The summed E-state index contributed by atoms with van der Waals surface area (Å²) in [5, 5.41) is 3.20. The zero-order valence-electron chi connectivity index (χ0n) is 14.8. The maximum atomic E-state index is 9.33. The molecule has 0 bridgehead atoms. The second-order valence-corrected chi connectivity index (χ2v) is 6.78. The zero-order valence-corrected chi connectivity index (χ0v) is 15.6. The molecule has 0 amide bonds. The number of hydrogen-bond acceptors (Lipinski definition) is 4. The molecule has 5 nitrogen and oxygen atoms in total. The van der Waals surface area contributed by atoms with Crippen molar-refractivity contribution in [1.29, 1.82) is 0 Å². The van der Waals surface area contributed by atoms with E-state index >= 15 is 0 Å². The summed E-state index contributed by atoms with van der Waals surface area (Å²) < 4.78 is 29.7. The maximum absolute atomic E-state index is 9.33. The van der Waals surface area contributed by atoms with E-state index in [1.807, 2.05) is 7.05 Å². The summed E-state index contributed by atoms with van der Waals surface area (Å²) in [6.07, 6.45) is 17.3. The normalized spacial score (nSPS) is 11.1. The number of rotatable bonds is 14. The predicted molar refractivity (Wildman–Crippen MR) is 93.6 cm³/mol. The van der Waals surface area contributed by atoms with Gasteiger partial charge in [-0.2, -0.15) is 8.42 Å². The fourth-order valence-electron chi connectivity index (χ4n) is 2.14. The van der Waals surface area contributed by atoms with Crippen LogP contribution < -0.4 is 5.32 Å². The van der Waals surface area contributed by atoms with Crippen LogP contribution in [0.1, 0.15) is 84.0 Å². The van der Waals surface area contributed by atoms with Crippen LogP contribution in [0.2, 0.25) is 0 Å². The lowest BCUT2D eigenvalue weighted by molar-refractivity contribution is 0.324. The Labute approximate surface area is 138 Å². The third-order valence-corrected chi connectivity index (χ3v) is 3.91. The second kappa shape index (κ2) is 18.9. The summed E-state index contributed by atoms with van der Waals surface area (Å²) in [5.74, 6) is 0. The summed E-state index contributed by atoms with van der Waals surface area (Å²) >= 11 is 0. The highest BCUT2D eigenvalue weighted by Gasteiger charge is 1.94. The average Bonchev–Trinajstić information content (AvgIpc) is 2.48. The van der Waals surface area contributed by atoms with Crippen molar-refractivity contribution in [3.05, 3.63) is 0 Å². The Kier molecular flexibility index (Phi) is 20.7. The van der Waals surface area contributed by atoms with Crippen LogP contribution in [-0.4, -0.2) is 33.7 Å². The summed E-state index contributed by atoms with van der Waals surface area (Å²) in [4.78, 5) is 0. The van der Waals surface area contributed by atoms with Gasteiger partial charge in [0, 0.05) is 0 Å². The van der Waals surface area contributed by atoms with E-state index in [9.17, 15) is 8.42 Å². The number of unbranched alkanes of at least 4 members (excludes halogenated alkanes) is 11. The molecule has 0 saturated heterocycles. The van der Waals surface area contributed by atoms with Crippen molar-refractivity contribution < 1.29 is 17.2 Å². The van der Waals surface area contributed by atoms with Gasteiger partial charge >= 0.3 is 10.4 Å². The molecule has 0 spiro atoms. The molecule has 136 valence electrons. The first kappa shape index (κ1) is 24.1. The van der Waals surface area contributed by atoms with Gasteiger partial charge in [-0.3, -0.25) is 8.74 Å². The van der Waals surface area contributed by atoms with Crippen LogP contribution in [0, 0.1) is 0 Å². The Bertz CT molecular complexity index is 281. The SMILES string of the molecule is CCCCCCCCCCCCCCNC.COS(=O)(=O)O. The van der Waals surface area contributed by atoms with Gasteiger partial charge < -0.3 is 5.32 Å². The van der Waals surface area contributed by atoms with Gasteiger partial charge in [0.1, 0.15) is 0 Å². The third kappa shape index (κ3) is 28.1. The molecule has 2 N–H and O–H groups in total. The van der Waals surface area contributed by atoms with Gasteiger partial charge in [-0.05, 0) is 20.0 Å². The minimum Gasteiger partial charge on any atom is -0.320 e. The Morgan fingerprint density at radius 2 is 1.14 bits per heavy atom. The summed E-state index contributed by atoms with van der Waals surface area (Å²) in [6.45, 7) is 3.48. The van der Waals surface area contributed by atoms with Gasteiger partial charge in [0.2, 0.25) is 0 Å². The number of hydrogen-bond donors (Lipinski definition) is 2. The van der Waals surface area contributed by atoms with Gasteiger partial charge in [0.25, 0.3) is 0 Å². The van der Waals surface area contributed by atoms with Gasteiger partial charge in [0.05, 0.1) is 7.11 Å². The molecule has 0 fully saturated rings. The highest BCUT2D eigenvalue weighted by Crippen LogP contribution is 2.11. The molecule has 0 aromatic heterocycles. The third-order valence-electron chi connectivity index (χ3n) is 3.49. The molecular weight excluding hydrogens is 302 g/mol. The van der Waals surface area contributed by atoms with Gasteiger partial charge in [-0.1, -0.05) is 77.6 Å². The molecule has 0 heterocycles. The van der Waals surface area contributed by atoms with Crippen molar-refractivity contribution in [3.8, 4) is 0 Å². The van der Waals surface area contributed by atoms with Crippen LogP contribution in [0.5, 0.6) is 0 Å². The lowest BCUT2D eigenvalue weighted by atomic mass is 10.1. The molecule has 22 heavy (non-hydrogen) atoms. The van der Waals surface area contributed by atoms with Crippen LogP contribution in [-0.2, 0) is 14.6 Å². The molecular formula is C16H37NO4S. The average molecular weight is 340 g/mol. The van der Waals surface area contributed by atoms with Gasteiger partial charge in [-0.25, -0.2) is 0 Å². The van der Waals surface area contributed by atoms with E-state index in [0.717, 1.165) is 7.11 Å². The van der Waals surface area contributed by atoms with E-state index in [0.29, 0.717) is 0 Å². The van der Waals surface area contributed by atoms with Gasteiger partial charge in [0.15, 0.2) is 0 Å². The minimum atomic E-state index is -4.16. The predicted octanol–water partition coefficient (Wildman–Crippen LogP) is 4.34. The number of nitrogens with one attached hydrogen (secondary N) is 1. The van der Waals surface area contributed by atoms with Crippen molar-refractivity contribution in [2.75, 3.05) is 20.7 Å². The van der Waals surface area contributed by atoms with Crippen LogP contribution in [0.15, 0.2) is 0 Å². The minimum absolute atomic E-state index is 0.870. The smallest absolute Gasteiger partial charge is 0.320 e. The largest absolute Gasteiger partial charge is 0.397 e. The second-order valence-electron chi connectivity index (χ2n) is 5.59. The summed E-state index contributed by atoms with van der Waals surface area (Å²) in [5.41, 5.74) is 0. The van der Waals surface area contributed by atoms with Crippen molar-refractivity contribution in [1.82, 2.24) is 5.32 Å². The lowest BCUT2D eigenvalue weighted by Crippen LogP contribution is -2.06. The topological polar surface area (TPSA) is 75.6 Å². The summed E-state index contributed by atoms with van der Waals surface area (Å²) in [7, 11) is -1.25. The van der Waals surface area contributed by atoms with Crippen LogP contribution in [0.25, 0.3) is 0 Å². The Hall–Kier alpha value is -0.170. The van der Waals surface area contributed by atoms with Crippen molar-refractivity contribution in [3.63, 3.8) is 0 Å². The van der Waals surface area contributed by atoms with Crippen LogP contribution in [0.3, 0.4) is 0 Å². The quantitative estimate of drug-likeness (QED) is 0.363. The lowest BCUT2D eigenvalue weighted by Gasteiger charge is -2.02. The Morgan fingerprint density at radius 3 is 1.41 bits per heavy atom. The molecule has 0 aliphatic carbocycles. The maximum Gasteiger partial charge on any atom is 0.397 e.